The Kier molecular flexibility index (Phi) is 2.93. The number of nitrogens with zero attached hydrogens (tertiary/aromatic N) is 3. The molecule has 0 aliphatic heterocycles. The van der Waals surface area contributed by atoms with Gasteiger partial charge in [0.05, 0.1) is 28.5 Å². The molecule has 19 heavy (non-hydrogen) atoms. The highest BCUT2D eigenvalue weighted by Gasteiger charge is 2.10. The molecule has 0 unspecified atom stereocenters. The fourth-order valence-corrected chi connectivity index (χ4v) is 2.66. The van der Waals surface area contributed by atoms with Crippen molar-refractivity contribution in [2.45, 2.75) is 0 Å². The van der Waals surface area contributed by atoms with E-state index < -0.39 is 0 Å². The minimum atomic E-state index is 0.543. The molecular formula is C13H7BrN4S. The first kappa shape index (κ1) is 12.1. The predicted molar refractivity (Wildman–Crippen MR) is 78.7 cm³/mol. The third kappa shape index (κ3) is 1.97. The largest absolute Gasteiger partial charge is 0.329 e. The highest BCUT2D eigenvalue weighted by molar-refractivity contribution is 9.10. The summed E-state index contributed by atoms with van der Waals surface area (Å²) in [7, 11) is 0. The van der Waals surface area contributed by atoms with Crippen molar-refractivity contribution in [2.75, 3.05) is 0 Å². The zero-order chi connectivity index (χ0) is 13.4. The fourth-order valence-electron chi connectivity index (χ4n) is 1.99. The Labute approximate surface area is 122 Å². The molecule has 0 fully saturated rings. The van der Waals surface area contributed by atoms with E-state index >= 15 is 0 Å². The van der Waals surface area contributed by atoms with Crippen LogP contribution < -0.4 is 0 Å². The third-order valence-electron chi connectivity index (χ3n) is 2.80. The van der Waals surface area contributed by atoms with E-state index in [1.54, 1.807) is 18.5 Å². The van der Waals surface area contributed by atoms with Crippen molar-refractivity contribution in [3.05, 3.63) is 51.5 Å². The first-order valence-electron chi connectivity index (χ1n) is 5.45. The van der Waals surface area contributed by atoms with Crippen LogP contribution in [0.2, 0.25) is 0 Å². The number of H-pyrrole nitrogens is 1. The molecule has 3 rings (SSSR count). The molecule has 2 heterocycles. The van der Waals surface area contributed by atoms with Crippen LogP contribution in [0.4, 0.5) is 0 Å². The van der Waals surface area contributed by atoms with Crippen molar-refractivity contribution < 1.29 is 0 Å². The Bertz CT molecular complexity index is 872. The van der Waals surface area contributed by atoms with Gasteiger partial charge in [-0.05, 0) is 36.5 Å². The number of fused-ring (bicyclic) bond motifs is 1. The van der Waals surface area contributed by atoms with Gasteiger partial charge in [-0.15, -0.1) is 0 Å². The van der Waals surface area contributed by atoms with Crippen molar-refractivity contribution in [1.29, 1.82) is 5.26 Å². The molecule has 0 saturated carbocycles. The number of rotatable bonds is 1. The lowest BCUT2D eigenvalue weighted by atomic mass is 10.2. The van der Waals surface area contributed by atoms with Gasteiger partial charge in [0, 0.05) is 10.7 Å². The number of imidazole rings is 1. The van der Waals surface area contributed by atoms with Gasteiger partial charge < -0.3 is 4.98 Å². The highest BCUT2D eigenvalue weighted by Crippen LogP contribution is 2.24. The van der Waals surface area contributed by atoms with Gasteiger partial charge in [-0.25, -0.2) is 0 Å². The van der Waals surface area contributed by atoms with Crippen LogP contribution in [-0.4, -0.2) is 14.5 Å². The van der Waals surface area contributed by atoms with Crippen molar-refractivity contribution in [3.63, 3.8) is 0 Å². The van der Waals surface area contributed by atoms with Crippen LogP contribution in [0.3, 0.4) is 0 Å². The normalized spacial score (nSPS) is 10.5. The summed E-state index contributed by atoms with van der Waals surface area (Å²) in [6.45, 7) is 0. The van der Waals surface area contributed by atoms with E-state index in [1.807, 2.05) is 22.8 Å². The van der Waals surface area contributed by atoms with Crippen molar-refractivity contribution in [1.82, 2.24) is 14.5 Å². The van der Waals surface area contributed by atoms with Gasteiger partial charge in [0.1, 0.15) is 6.07 Å². The molecule has 6 heteroatoms. The predicted octanol–water partition coefficient (Wildman–Crippen LogP) is 3.72. The molecule has 1 N–H and O–H groups in total. The quantitative estimate of drug-likeness (QED) is 0.692. The summed E-state index contributed by atoms with van der Waals surface area (Å²) in [6.07, 6.45) is 3.42. The second-order valence-electron chi connectivity index (χ2n) is 3.93. The van der Waals surface area contributed by atoms with E-state index in [0.717, 1.165) is 21.2 Å². The average molecular weight is 331 g/mol. The van der Waals surface area contributed by atoms with Crippen LogP contribution in [0, 0.1) is 16.1 Å². The number of aromatic nitrogens is 3. The second kappa shape index (κ2) is 4.61. The second-order valence-corrected chi connectivity index (χ2v) is 5.23. The number of benzene rings is 1. The molecule has 0 amide bonds. The maximum absolute atomic E-state index is 9.26. The molecular weight excluding hydrogens is 324 g/mol. The van der Waals surface area contributed by atoms with Crippen LogP contribution in [0.1, 0.15) is 5.56 Å². The minimum absolute atomic E-state index is 0.543. The van der Waals surface area contributed by atoms with E-state index in [4.69, 9.17) is 12.2 Å². The molecule has 2 aromatic heterocycles. The Balaban J connectivity index is 2.40. The maximum atomic E-state index is 9.26. The lowest BCUT2D eigenvalue weighted by Crippen LogP contribution is -1.97. The Morgan fingerprint density at radius 2 is 2.21 bits per heavy atom. The molecule has 0 aliphatic rings. The van der Waals surface area contributed by atoms with Gasteiger partial charge in [-0.2, -0.15) is 5.26 Å². The molecule has 92 valence electrons. The van der Waals surface area contributed by atoms with E-state index in [9.17, 15) is 5.26 Å². The zero-order valence-corrected chi connectivity index (χ0v) is 12.0. The lowest BCUT2D eigenvalue weighted by Gasteiger charge is -2.07. The summed E-state index contributed by atoms with van der Waals surface area (Å²) in [5.74, 6) is 0. The van der Waals surface area contributed by atoms with Crippen molar-refractivity contribution >= 4 is 39.2 Å². The van der Waals surface area contributed by atoms with Gasteiger partial charge >= 0.3 is 0 Å². The summed E-state index contributed by atoms with van der Waals surface area (Å²) in [6, 6.07) is 9.58. The average Bonchev–Trinajstić information content (AvgIpc) is 2.74. The highest BCUT2D eigenvalue weighted by atomic mass is 79.9. The molecule has 0 atom stereocenters. The monoisotopic (exact) mass is 330 g/mol. The van der Waals surface area contributed by atoms with Gasteiger partial charge in [-0.3, -0.25) is 9.55 Å². The third-order valence-corrected chi connectivity index (χ3v) is 3.58. The number of halogens is 1. The summed E-state index contributed by atoms with van der Waals surface area (Å²) in [5, 5.41) is 9.26. The SMILES string of the molecule is N#Cc1cc(Br)ccc1-n1c(=S)[nH]c2cnccc21. The van der Waals surface area contributed by atoms with Crippen molar-refractivity contribution in [2.24, 2.45) is 0 Å². The van der Waals surface area contributed by atoms with E-state index in [0.29, 0.717) is 10.3 Å². The molecule has 0 bridgehead atoms. The van der Waals surface area contributed by atoms with Crippen LogP contribution >= 0.6 is 28.1 Å². The van der Waals surface area contributed by atoms with E-state index in [2.05, 4.69) is 32.0 Å². The Morgan fingerprint density at radius 1 is 1.37 bits per heavy atom. The Hall–Kier alpha value is -1.97. The first-order valence-corrected chi connectivity index (χ1v) is 6.65. The van der Waals surface area contributed by atoms with Crippen LogP contribution in [0.5, 0.6) is 0 Å². The molecule has 0 spiro atoms. The summed E-state index contributed by atoms with van der Waals surface area (Å²) < 4.78 is 3.25. The van der Waals surface area contributed by atoms with Crippen molar-refractivity contribution in [3.8, 4) is 11.8 Å². The number of hydrogen-bond acceptors (Lipinski definition) is 3. The first-order chi connectivity index (χ1) is 9.20. The summed E-state index contributed by atoms with van der Waals surface area (Å²) in [5.41, 5.74) is 3.06. The Morgan fingerprint density at radius 3 is 3.00 bits per heavy atom. The van der Waals surface area contributed by atoms with E-state index in [1.165, 1.54) is 0 Å². The lowest BCUT2D eigenvalue weighted by molar-refractivity contribution is 1.06. The molecule has 3 aromatic rings. The van der Waals surface area contributed by atoms with Gasteiger partial charge in [0.2, 0.25) is 0 Å². The topological polar surface area (TPSA) is 57.4 Å². The molecule has 0 aliphatic carbocycles. The van der Waals surface area contributed by atoms with Gasteiger partial charge in [-0.1, -0.05) is 15.9 Å². The number of pyridine rings is 1. The summed E-state index contributed by atoms with van der Waals surface area (Å²) >= 11 is 8.70. The summed E-state index contributed by atoms with van der Waals surface area (Å²) in [4.78, 5) is 7.14. The molecule has 0 radical (unpaired) electrons. The molecule has 0 saturated heterocycles. The number of nitriles is 1. The maximum Gasteiger partial charge on any atom is 0.182 e. The number of hydrogen-bond donors (Lipinski definition) is 1. The van der Waals surface area contributed by atoms with E-state index in [-0.39, 0.29) is 0 Å². The van der Waals surface area contributed by atoms with Gasteiger partial charge in [0.25, 0.3) is 0 Å². The molecule has 1 aromatic carbocycles. The van der Waals surface area contributed by atoms with Crippen LogP contribution in [0.15, 0.2) is 41.1 Å². The molecule has 4 nitrogen and oxygen atoms in total. The fraction of sp³-hybridized carbons (Fsp3) is 0. The smallest absolute Gasteiger partial charge is 0.182 e. The minimum Gasteiger partial charge on any atom is -0.329 e. The standard InChI is InChI=1S/C13H7BrN4S/c14-9-1-2-11(8(5-9)6-15)18-12-3-4-16-7-10(12)17-13(18)19/h1-5,7H,(H,17,19). The van der Waals surface area contributed by atoms with Crippen LogP contribution in [-0.2, 0) is 0 Å². The number of nitrogens with one attached hydrogen (secondary N) is 1. The van der Waals surface area contributed by atoms with Crippen LogP contribution in [0.25, 0.3) is 16.7 Å². The number of aromatic amines is 1. The zero-order valence-electron chi connectivity index (χ0n) is 9.59. The van der Waals surface area contributed by atoms with Gasteiger partial charge in [0.15, 0.2) is 4.77 Å².